The molecule has 0 spiro atoms. The summed E-state index contributed by atoms with van der Waals surface area (Å²) in [6, 6.07) is 6.21. The van der Waals surface area contributed by atoms with Crippen LogP contribution in [0.2, 0.25) is 0 Å². The van der Waals surface area contributed by atoms with Crippen LogP contribution in [-0.4, -0.2) is 38.0 Å². The zero-order valence-electron chi connectivity index (χ0n) is 15.7. The molecule has 0 radical (unpaired) electrons. The number of fused-ring (bicyclic) bond motifs is 1. The molecule has 28 heavy (non-hydrogen) atoms. The number of piperidine rings is 1. The Balaban J connectivity index is 1.35. The predicted octanol–water partition coefficient (Wildman–Crippen LogP) is 1.81. The minimum atomic E-state index is -0.326. The third-order valence-electron chi connectivity index (χ3n) is 5.49. The van der Waals surface area contributed by atoms with Crippen molar-refractivity contribution in [3.05, 3.63) is 47.3 Å². The van der Waals surface area contributed by atoms with Gasteiger partial charge in [0.2, 0.25) is 11.8 Å². The lowest BCUT2D eigenvalue weighted by molar-refractivity contribution is -0.139. The maximum absolute atomic E-state index is 13.4. The number of rotatable bonds is 5. The average molecular weight is 385 g/mol. The van der Waals surface area contributed by atoms with E-state index in [-0.39, 0.29) is 23.5 Å². The van der Waals surface area contributed by atoms with E-state index in [4.69, 9.17) is 0 Å². The number of aryl methyl sites for hydroxylation is 1. The van der Waals surface area contributed by atoms with E-state index in [1.54, 1.807) is 17.0 Å². The SMILES string of the molecule is O=C(NCc1nnc2n1CCCC2)C1CCC(=O)N(Cc2cccc(F)c2)C1. The van der Waals surface area contributed by atoms with Gasteiger partial charge in [0.1, 0.15) is 11.6 Å². The van der Waals surface area contributed by atoms with Gasteiger partial charge in [0.25, 0.3) is 0 Å². The molecule has 1 saturated heterocycles. The molecule has 0 saturated carbocycles. The smallest absolute Gasteiger partial charge is 0.225 e. The number of halogens is 1. The molecule has 148 valence electrons. The number of hydrogen-bond donors (Lipinski definition) is 1. The Morgan fingerprint density at radius 3 is 3.00 bits per heavy atom. The van der Waals surface area contributed by atoms with Crippen LogP contribution >= 0.6 is 0 Å². The van der Waals surface area contributed by atoms with Crippen LogP contribution < -0.4 is 5.32 Å². The molecule has 1 atom stereocenters. The van der Waals surface area contributed by atoms with Crippen molar-refractivity contribution in [2.24, 2.45) is 5.92 Å². The van der Waals surface area contributed by atoms with Gasteiger partial charge in [-0.2, -0.15) is 0 Å². The highest BCUT2D eigenvalue weighted by Gasteiger charge is 2.30. The topological polar surface area (TPSA) is 80.1 Å². The minimum Gasteiger partial charge on any atom is -0.348 e. The van der Waals surface area contributed by atoms with E-state index < -0.39 is 0 Å². The highest BCUT2D eigenvalue weighted by Crippen LogP contribution is 2.21. The lowest BCUT2D eigenvalue weighted by Gasteiger charge is -2.32. The molecule has 2 aliphatic rings. The van der Waals surface area contributed by atoms with Crippen LogP contribution in [0.15, 0.2) is 24.3 Å². The van der Waals surface area contributed by atoms with Gasteiger partial charge in [0.15, 0.2) is 5.82 Å². The summed E-state index contributed by atoms with van der Waals surface area (Å²) in [5, 5.41) is 11.4. The molecular weight excluding hydrogens is 361 g/mol. The van der Waals surface area contributed by atoms with Crippen LogP contribution in [0.3, 0.4) is 0 Å². The number of likely N-dealkylation sites (tertiary alicyclic amines) is 1. The van der Waals surface area contributed by atoms with Crippen LogP contribution in [0.5, 0.6) is 0 Å². The van der Waals surface area contributed by atoms with Crippen molar-refractivity contribution in [3.63, 3.8) is 0 Å². The van der Waals surface area contributed by atoms with Crippen LogP contribution in [0.4, 0.5) is 4.39 Å². The number of carbonyl (C=O) groups is 2. The number of amides is 2. The van der Waals surface area contributed by atoms with E-state index in [0.29, 0.717) is 32.5 Å². The molecule has 3 heterocycles. The fraction of sp³-hybridized carbons (Fsp3) is 0.500. The van der Waals surface area contributed by atoms with Gasteiger partial charge in [0, 0.05) is 32.5 Å². The first-order valence-electron chi connectivity index (χ1n) is 9.81. The third kappa shape index (κ3) is 4.05. The van der Waals surface area contributed by atoms with Crippen molar-refractivity contribution in [2.45, 2.75) is 51.7 Å². The van der Waals surface area contributed by atoms with Crippen LogP contribution in [-0.2, 0) is 35.6 Å². The van der Waals surface area contributed by atoms with Crippen molar-refractivity contribution in [3.8, 4) is 0 Å². The highest BCUT2D eigenvalue weighted by molar-refractivity contribution is 5.83. The van der Waals surface area contributed by atoms with E-state index in [0.717, 1.165) is 43.0 Å². The maximum Gasteiger partial charge on any atom is 0.225 e. The largest absolute Gasteiger partial charge is 0.348 e. The number of hydrogen-bond acceptors (Lipinski definition) is 4. The average Bonchev–Trinajstić information content (AvgIpc) is 3.11. The summed E-state index contributed by atoms with van der Waals surface area (Å²) in [6.07, 6.45) is 4.02. The first-order chi connectivity index (χ1) is 13.6. The first-order valence-corrected chi connectivity index (χ1v) is 9.81. The van der Waals surface area contributed by atoms with Crippen LogP contribution in [0.25, 0.3) is 0 Å². The van der Waals surface area contributed by atoms with Crippen molar-refractivity contribution < 1.29 is 14.0 Å². The number of carbonyl (C=O) groups excluding carboxylic acids is 2. The quantitative estimate of drug-likeness (QED) is 0.851. The Kier molecular flexibility index (Phi) is 5.36. The van der Waals surface area contributed by atoms with Gasteiger partial charge in [-0.15, -0.1) is 10.2 Å². The molecule has 1 unspecified atom stereocenters. The molecule has 1 aromatic carbocycles. The van der Waals surface area contributed by atoms with Gasteiger partial charge in [-0.25, -0.2) is 4.39 Å². The van der Waals surface area contributed by atoms with Gasteiger partial charge in [-0.05, 0) is 37.0 Å². The predicted molar refractivity (Wildman–Crippen MR) is 99.3 cm³/mol. The second-order valence-electron chi connectivity index (χ2n) is 7.50. The Morgan fingerprint density at radius 2 is 2.14 bits per heavy atom. The molecule has 2 aliphatic heterocycles. The van der Waals surface area contributed by atoms with E-state index in [1.165, 1.54) is 12.1 Å². The molecule has 0 aliphatic carbocycles. The Bertz CT molecular complexity index is 881. The Hall–Kier alpha value is -2.77. The summed E-state index contributed by atoms with van der Waals surface area (Å²) in [5.74, 6) is 1.10. The number of benzene rings is 1. The molecule has 1 N–H and O–H groups in total. The highest BCUT2D eigenvalue weighted by atomic mass is 19.1. The monoisotopic (exact) mass is 385 g/mol. The number of nitrogens with zero attached hydrogens (tertiary/aromatic N) is 4. The summed E-state index contributed by atoms with van der Waals surface area (Å²) in [5.41, 5.74) is 0.726. The third-order valence-corrected chi connectivity index (χ3v) is 5.49. The zero-order chi connectivity index (χ0) is 19.5. The molecule has 8 heteroatoms. The Morgan fingerprint density at radius 1 is 1.25 bits per heavy atom. The van der Waals surface area contributed by atoms with Crippen molar-refractivity contribution in [1.82, 2.24) is 25.0 Å². The lowest BCUT2D eigenvalue weighted by atomic mass is 9.96. The van der Waals surface area contributed by atoms with Crippen LogP contribution in [0, 0.1) is 11.7 Å². The van der Waals surface area contributed by atoms with Gasteiger partial charge in [-0.1, -0.05) is 12.1 Å². The van der Waals surface area contributed by atoms with Crippen molar-refractivity contribution in [1.29, 1.82) is 0 Å². The van der Waals surface area contributed by atoms with E-state index >= 15 is 0 Å². The van der Waals surface area contributed by atoms with Crippen LogP contribution in [0.1, 0.15) is 42.9 Å². The molecular formula is C20H24FN5O2. The van der Waals surface area contributed by atoms with E-state index in [1.807, 2.05) is 0 Å². The number of aromatic nitrogens is 3. The standard InChI is InChI=1S/C20H24FN5O2/c21-16-5-3-4-14(10-16)12-25-13-15(7-8-19(25)27)20(28)22-11-18-24-23-17-6-1-2-9-26(17)18/h3-5,10,15H,1-2,6-9,11-13H2,(H,22,28). The normalized spacial score (nSPS) is 19.4. The molecule has 1 aromatic heterocycles. The summed E-state index contributed by atoms with van der Waals surface area (Å²) < 4.78 is 15.5. The summed E-state index contributed by atoms with van der Waals surface area (Å²) in [4.78, 5) is 26.5. The molecule has 0 bridgehead atoms. The summed E-state index contributed by atoms with van der Waals surface area (Å²) >= 11 is 0. The zero-order valence-corrected chi connectivity index (χ0v) is 15.7. The van der Waals surface area contributed by atoms with Gasteiger partial charge in [-0.3, -0.25) is 9.59 Å². The molecule has 1 fully saturated rings. The fourth-order valence-electron chi connectivity index (χ4n) is 3.95. The molecule has 2 aromatic rings. The second-order valence-corrected chi connectivity index (χ2v) is 7.50. The van der Waals surface area contributed by atoms with Crippen molar-refractivity contribution in [2.75, 3.05) is 6.54 Å². The molecule has 7 nitrogen and oxygen atoms in total. The number of nitrogens with one attached hydrogen (secondary N) is 1. The van der Waals surface area contributed by atoms with Gasteiger partial charge >= 0.3 is 0 Å². The Labute approximate surface area is 162 Å². The first kappa shape index (κ1) is 18.6. The maximum atomic E-state index is 13.4. The van der Waals surface area contributed by atoms with E-state index in [2.05, 4.69) is 20.1 Å². The second kappa shape index (κ2) is 8.08. The van der Waals surface area contributed by atoms with Gasteiger partial charge in [0.05, 0.1) is 12.5 Å². The summed E-state index contributed by atoms with van der Waals surface area (Å²) in [7, 11) is 0. The summed E-state index contributed by atoms with van der Waals surface area (Å²) in [6.45, 7) is 1.91. The molecule has 2 amide bonds. The minimum absolute atomic E-state index is 0.000150. The molecule has 4 rings (SSSR count). The van der Waals surface area contributed by atoms with Crippen molar-refractivity contribution >= 4 is 11.8 Å². The lowest BCUT2D eigenvalue weighted by Crippen LogP contribution is -2.45. The van der Waals surface area contributed by atoms with Gasteiger partial charge < -0.3 is 14.8 Å². The van der Waals surface area contributed by atoms with E-state index in [9.17, 15) is 14.0 Å². The fourth-order valence-corrected chi connectivity index (χ4v) is 3.95.